The van der Waals surface area contributed by atoms with Crippen LogP contribution in [0.3, 0.4) is 0 Å². The molecule has 3 aliphatic carbocycles. The minimum atomic E-state index is 0.395. The second-order valence-corrected chi connectivity index (χ2v) is 9.86. The van der Waals surface area contributed by atoms with Gasteiger partial charge in [0.25, 0.3) is 0 Å². The van der Waals surface area contributed by atoms with Gasteiger partial charge in [-0.2, -0.15) is 0 Å². The first-order valence-electron chi connectivity index (χ1n) is 11.3. The molecule has 3 rings (SSSR count). The summed E-state index contributed by atoms with van der Waals surface area (Å²) >= 11 is 0. The van der Waals surface area contributed by atoms with E-state index in [4.69, 9.17) is 0 Å². The third kappa shape index (κ3) is 3.87. The molecule has 0 amide bonds. The summed E-state index contributed by atoms with van der Waals surface area (Å²) in [6, 6.07) is 0.711. The van der Waals surface area contributed by atoms with Gasteiger partial charge >= 0.3 is 0 Å². The van der Waals surface area contributed by atoms with Crippen LogP contribution in [0.25, 0.3) is 0 Å². The molecule has 0 heterocycles. The van der Waals surface area contributed by atoms with Crippen molar-refractivity contribution < 1.29 is 0 Å². The van der Waals surface area contributed by atoms with Crippen molar-refractivity contribution in [2.75, 3.05) is 0 Å². The molecule has 0 aromatic heterocycles. The molecule has 7 atom stereocenters. The number of rotatable bonds is 5. The molecule has 3 saturated carbocycles. The van der Waals surface area contributed by atoms with Crippen molar-refractivity contribution in [3.05, 3.63) is 0 Å². The Kier molecular flexibility index (Phi) is 6.33. The van der Waals surface area contributed by atoms with E-state index in [1.54, 1.807) is 6.42 Å². The Morgan fingerprint density at radius 2 is 1.50 bits per heavy atom. The van der Waals surface area contributed by atoms with Crippen LogP contribution in [-0.2, 0) is 0 Å². The lowest BCUT2D eigenvalue weighted by Gasteiger charge is -2.47. The minimum Gasteiger partial charge on any atom is -0.308 e. The van der Waals surface area contributed by atoms with Crippen molar-refractivity contribution in [1.82, 2.24) is 5.32 Å². The van der Waals surface area contributed by atoms with Crippen LogP contribution in [0.4, 0.5) is 0 Å². The lowest BCUT2D eigenvalue weighted by molar-refractivity contribution is 0.0883. The van der Waals surface area contributed by atoms with Gasteiger partial charge in [0.15, 0.2) is 0 Å². The maximum absolute atomic E-state index is 4.30. The molecule has 1 N–H and O–H groups in total. The third-order valence-corrected chi connectivity index (χ3v) is 8.37. The van der Waals surface area contributed by atoms with Crippen molar-refractivity contribution >= 4 is 0 Å². The summed E-state index contributed by atoms with van der Waals surface area (Å²) in [5, 5.41) is 4.30. The molecule has 0 bridgehead atoms. The smallest absolute Gasteiger partial charge is 0.0189 e. The average molecular weight is 334 g/mol. The zero-order valence-corrected chi connectivity index (χ0v) is 16.9. The van der Waals surface area contributed by atoms with Gasteiger partial charge in [0.05, 0.1) is 0 Å². The fourth-order valence-electron chi connectivity index (χ4n) is 6.80. The Balaban J connectivity index is 1.83. The van der Waals surface area contributed by atoms with E-state index >= 15 is 0 Å². The largest absolute Gasteiger partial charge is 0.308 e. The summed E-state index contributed by atoms with van der Waals surface area (Å²) in [5.41, 5.74) is 0.395. The van der Waals surface area contributed by atoms with Crippen molar-refractivity contribution in [2.45, 2.75) is 116 Å². The first kappa shape index (κ1) is 18.7. The van der Waals surface area contributed by atoms with Gasteiger partial charge in [-0.1, -0.05) is 72.1 Å². The second-order valence-electron chi connectivity index (χ2n) is 9.86. The molecule has 0 aromatic rings. The van der Waals surface area contributed by atoms with Gasteiger partial charge in [0.1, 0.15) is 0 Å². The molecule has 3 aliphatic rings. The zero-order valence-electron chi connectivity index (χ0n) is 16.9. The summed E-state index contributed by atoms with van der Waals surface area (Å²) in [4.78, 5) is 0. The SMILES string of the molecule is CCC(C)C(CC)N[C@@]1(C)CC2CCCCC2CC2CCCCC21. The predicted octanol–water partition coefficient (Wildman–Crippen LogP) is 6.57. The Morgan fingerprint density at radius 3 is 2.17 bits per heavy atom. The highest BCUT2D eigenvalue weighted by Crippen LogP contribution is 2.51. The van der Waals surface area contributed by atoms with Crippen LogP contribution in [0.5, 0.6) is 0 Å². The highest BCUT2D eigenvalue weighted by atomic mass is 15.0. The number of fused-ring (bicyclic) bond motifs is 2. The Morgan fingerprint density at radius 1 is 0.875 bits per heavy atom. The summed E-state index contributed by atoms with van der Waals surface area (Å²) in [6.07, 6.45) is 17.7. The average Bonchev–Trinajstić information content (AvgIpc) is 2.73. The Bertz CT molecular complexity index is 391. The van der Waals surface area contributed by atoms with E-state index in [9.17, 15) is 0 Å². The topological polar surface area (TPSA) is 12.0 Å². The van der Waals surface area contributed by atoms with Crippen molar-refractivity contribution in [3.63, 3.8) is 0 Å². The van der Waals surface area contributed by atoms with Crippen molar-refractivity contribution in [1.29, 1.82) is 0 Å². The normalized spacial score (nSPS) is 42.5. The van der Waals surface area contributed by atoms with Crippen LogP contribution in [0.1, 0.15) is 105 Å². The molecule has 1 nitrogen and oxygen atoms in total. The zero-order chi connectivity index (χ0) is 17.2. The monoisotopic (exact) mass is 333 g/mol. The lowest BCUT2D eigenvalue weighted by Crippen LogP contribution is -2.57. The summed E-state index contributed by atoms with van der Waals surface area (Å²) < 4.78 is 0. The minimum absolute atomic E-state index is 0.395. The van der Waals surface area contributed by atoms with Gasteiger partial charge in [-0.15, -0.1) is 0 Å². The van der Waals surface area contributed by atoms with E-state index in [0.29, 0.717) is 11.6 Å². The second kappa shape index (κ2) is 8.11. The van der Waals surface area contributed by atoms with Crippen LogP contribution in [0.15, 0.2) is 0 Å². The van der Waals surface area contributed by atoms with Crippen LogP contribution in [-0.4, -0.2) is 11.6 Å². The van der Waals surface area contributed by atoms with E-state index in [2.05, 4.69) is 33.0 Å². The van der Waals surface area contributed by atoms with Gasteiger partial charge < -0.3 is 5.32 Å². The van der Waals surface area contributed by atoms with Gasteiger partial charge in [0.2, 0.25) is 0 Å². The van der Waals surface area contributed by atoms with Gasteiger partial charge in [-0.3, -0.25) is 0 Å². The van der Waals surface area contributed by atoms with Crippen LogP contribution < -0.4 is 5.32 Å². The molecule has 24 heavy (non-hydrogen) atoms. The molecule has 6 unspecified atom stereocenters. The number of hydrogen-bond acceptors (Lipinski definition) is 1. The molecule has 0 saturated heterocycles. The molecule has 3 fully saturated rings. The Hall–Kier alpha value is -0.0400. The van der Waals surface area contributed by atoms with E-state index in [-0.39, 0.29) is 0 Å². The summed E-state index contributed by atoms with van der Waals surface area (Å²) in [5.74, 6) is 4.82. The highest BCUT2D eigenvalue weighted by Gasteiger charge is 2.47. The van der Waals surface area contributed by atoms with Crippen LogP contribution in [0, 0.1) is 29.6 Å². The number of nitrogens with one attached hydrogen (secondary N) is 1. The first-order chi connectivity index (χ1) is 11.6. The van der Waals surface area contributed by atoms with E-state index in [0.717, 1.165) is 29.6 Å². The predicted molar refractivity (Wildman–Crippen MR) is 105 cm³/mol. The fraction of sp³-hybridized carbons (Fsp3) is 1.00. The van der Waals surface area contributed by atoms with E-state index in [1.807, 2.05) is 0 Å². The molecule has 0 spiro atoms. The number of hydrogen-bond donors (Lipinski definition) is 1. The maximum atomic E-state index is 4.30. The van der Waals surface area contributed by atoms with Crippen LogP contribution >= 0.6 is 0 Å². The third-order valence-electron chi connectivity index (χ3n) is 8.37. The van der Waals surface area contributed by atoms with Crippen molar-refractivity contribution in [3.8, 4) is 0 Å². The Labute approximate surface area is 151 Å². The molecule has 1 heteroatoms. The molecular weight excluding hydrogens is 290 g/mol. The van der Waals surface area contributed by atoms with Crippen molar-refractivity contribution in [2.24, 2.45) is 29.6 Å². The molecule has 0 aliphatic heterocycles. The fourth-order valence-corrected chi connectivity index (χ4v) is 6.80. The summed E-state index contributed by atoms with van der Waals surface area (Å²) in [7, 11) is 0. The van der Waals surface area contributed by atoms with Gasteiger partial charge in [-0.25, -0.2) is 0 Å². The highest BCUT2D eigenvalue weighted by molar-refractivity contribution is 5.03. The summed E-state index contributed by atoms with van der Waals surface area (Å²) in [6.45, 7) is 9.86. The van der Waals surface area contributed by atoms with E-state index in [1.165, 1.54) is 70.6 Å². The van der Waals surface area contributed by atoms with Crippen LogP contribution in [0.2, 0.25) is 0 Å². The lowest BCUT2D eigenvalue weighted by atomic mass is 9.67. The molecule has 0 radical (unpaired) electrons. The quantitative estimate of drug-likeness (QED) is 0.600. The molecule has 140 valence electrons. The molecular formula is C23H43N. The van der Waals surface area contributed by atoms with E-state index < -0.39 is 0 Å². The molecule has 0 aromatic carbocycles. The van der Waals surface area contributed by atoms with Gasteiger partial charge in [0, 0.05) is 11.6 Å². The van der Waals surface area contributed by atoms with Gasteiger partial charge in [-0.05, 0) is 62.2 Å². The maximum Gasteiger partial charge on any atom is 0.0189 e. The first-order valence-corrected chi connectivity index (χ1v) is 11.3. The standard InChI is InChI=1S/C23H43N/c1-5-17(3)22(6-2)24-23(4)16-20-13-8-7-11-18(20)15-19-12-9-10-14-21(19)23/h17-22,24H,5-16H2,1-4H3/t17?,18?,19?,20?,21?,22?,23-/m0/s1.